The molecule has 2 aliphatic rings. The third-order valence-corrected chi connectivity index (χ3v) is 5.02. The van der Waals surface area contributed by atoms with Gasteiger partial charge in [0, 0.05) is 38.5 Å². The van der Waals surface area contributed by atoms with Crippen LogP contribution in [0, 0.1) is 5.92 Å². The highest BCUT2D eigenvalue weighted by Crippen LogP contribution is 2.19. The lowest BCUT2D eigenvalue weighted by Crippen LogP contribution is -2.44. The van der Waals surface area contributed by atoms with Crippen molar-refractivity contribution in [3.63, 3.8) is 0 Å². The van der Waals surface area contributed by atoms with Crippen LogP contribution >= 0.6 is 11.8 Å². The van der Waals surface area contributed by atoms with E-state index >= 15 is 0 Å². The molecule has 2 heterocycles. The van der Waals surface area contributed by atoms with Gasteiger partial charge in [0.05, 0.1) is 5.75 Å². The van der Waals surface area contributed by atoms with Gasteiger partial charge in [-0.1, -0.05) is 18.7 Å². The van der Waals surface area contributed by atoms with Crippen molar-refractivity contribution in [2.45, 2.75) is 32.6 Å². The van der Waals surface area contributed by atoms with Crippen LogP contribution in [0.3, 0.4) is 0 Å². The number of nitrogens with one attached hydrogen (secondary N) is 1. The highest BCUT2D eigenvalue weighted by atomic mass is 32.2. The van der Waals surface area contributed by atoms with E-state index in [4.69, 9.17) is 0 Å². The van der Waals surface area contributed by atoms with Crippen LogP contribution < -0.4 is 5.32 Å². The molecule has 7 nitrogen and oxygen atoms in total. The van der Waals surface area contributed by atoms with E-state index in [0.29, 0.717) is 32.4 Å². The van der Waals surface area contributed by atoms with Crippen molar-refractivity contribution < 1.29 is 19.2 Å². The van der Waals surface area contributed by atoms with E-state index in [9.17, 15) is 19.2 Å². The first-order valence-corrected chi connectivity index (χ1v) is 9.04. The second-order valence-electron chi connectivity index (χ2n) is 5.80. The first-order valence-electron chi connectivity index (χ1n) is 8.05. The van der Waals surface area contributed by atoms with Crippen LogP contribution in [-0.2, 0) is 14.4 Å². The highest BCUT2D eigenvalue weighted by molar-refractivity contribution is 8.14. The molecule has 0 aliphatic carbocycles. The third-order valence-electron chi connectivity index (χ3n) is 4.16. The molecule has 2 aliphatic heterocycles. The summed E-state index contributed by atoms with van der Waals surface area (Å²) < 4.78 is 0. The molecule has 23 heavy (non-hydrogen) atoms. The second kappa shape index (κ2) is 8.33. The van der Waals surface area contributed by atoms with Crippen LogP contribution in [-0.4, -0.2) is 64.7 Å². The lowest BCUT2D eigenvalue weighted by molar-refractivity contribution is -0.135. The van der Waals surface area contributed by atoms with Gasteiger partial charge in [-0.3, -0.25) is 24.1 Å². The summed E-state index contributed by atoms with van der Waals surface area (Å²) in [6.45, 7) is 3.73. The number of piperidine rings is 1. The molecule has 0 aromatic carbocycles. The summed E-state index contributed by atoms with van der Waals surface area (Å²) in [6.07, 6.45) is 2.73. The monoisotopic (exact) mass is 341 g/mol. The minimum atomic E-state index is -0.244. The number of likely N-dealkylation sites (tertiary alicyclic amines) is 1. The van der Waals surface area contributed by atoms with Gasteiger partial charge in [-0.25, -0.2) is 0 Å². The minimum absolute atomic E-state index is 0.0562. The largest absolute Gasteiger partial charge is 0.354 e. The summed E-state index contributed by atoms with van der Waals surface area (Å²) >= 11 is 0.995. The Morgan fingerprint density at radius 1 is 1.26 bits per heavy atom. The SMILES string of the molecule is CCCC(=O)N1CCC(C(=O)NCCN2C(=O)CSC2=O)CC1. The van der Waals surface area contributed by atoms with Gasteiger partial charge >= 0.3 is 0 Å². The van der Waals surface area contributed by atoms with Crippen LogP contribution in [0.15, 0.2) is 0 Å². The molecule has 8 heteroatoms. The topological polar surface area (TPSA) is 86.8 Å². The molecule has 2 rings (SSSR count). The molecule has 0 bridgehead atoms. The summed E-state index contributed by atoms with van der Waals surface area (Å²) in [7, 11) is 0. The smallest absolute Gasteiger partial charge is 0.288 e. The fourth-order valence-electron chi connectivity index (χ4n) is 2.80. The van der Waals surface area contributed by atoms with Crippen LogP contribution in [0.1, 0.15) is 32.6 Å². The normalized spacial score (nSPS) is 19.3. The van der Waals surface area contributed by atoms with Crippen molar-refractivity contribution in [3.05, 3.63) is 0 Å². The zero-order valence-corrected chi connectivity index (χ0v) is 14.2. The van der Waals surface area contributed by atoms with E-state index in [2.05, 4.69) is 5.32 Å². The summed E-state index contributed by atoms with van der Waals surface area (Å²) in [5, 5.41) is 2.55. The zero-order valence-electron chi connectivity index (χ0n) is 13.4. The van der Waals surface area contributed by atoms with Crippen molar-refractivity contribution in [1.82, 2.24) is 15.1 Å². The first-order chi connectivity index (χ1) is 11.0. The van der Waals surface area contributed by atoms with Crippen LogP contribution in [0.4, 0.5) is 4.79 Å². The maximum atomic E-state index is 12.1. The van der Waals surface area contributed by atoms with Gasteiger partial charge in [0.15, 0.2) is 0 Å². The molecule has 0 atom stereocenters. The molecule has 0 radical (unpaired) electrons. The number of nitrogens with zero attached hydrogens (tertiary/aromatic N) is 2. The van der Waals surface area contributed by atoms with Gasteiger partial charge in [-0.2, -0.15) is 0 Å². The molecule has 0 aromatic heterocycles. The predicted octanol–water partition coefficient (Wildman–Crippen LogP) is 0.837. The van der Waals surface area contributed by atoms with Crippen molar-refractivity contribution in [2.24, 2.45) is 5.92 Å². The number of rotatable bonds is 6. The van der Waals surface area contributed by atoms with Gasteiger partial charge < -0.3 is 10.2 Å². The van der Waals surface area contributed by atoms with Gasteiger partial charge in [0.25, 0.3) is 5.24 Å². The van der Waals surface area contributed by atoms with Gasteiger partial charge in [-0.05, 0) is 19.3 Å². The summed E-state index contributed by atoms with van der Waals surface area (Å²) in [4.78, 5) is 49.8. The Labute approximate surface area is 140 Å². The lowest BCUT2D eigenvalue weighted by Gasteiger charge is -2.31. The van der Waals surface area contributed by atoms with Gasteiger partial charge in [0.1, 0.15) is 0 Å². The lowest BCUT2D eigenvalue weighted by atomic mass is 9.95. The number of carbonyl (C=O) groups excluding carboxylic acids is 4. The molecule has 128 valence electrons. The first kappa shape index (κ1) is 17.8. The Kier molecular flexibility index (Phi) is 6.44. The Hall–Kier alpha value is -1.57. The summed E-state index contributed by atoms with van der Waals surface area (Å²) in [5.74, 6) is 0.00287. The summed E-state index contributed by atoms with van der Waals surface area (Å²) in [6, 6.07) is 0. The van der Waals surface area contributed by atoms with Crippen molar-refractivity contribution >= 4 is 34.7 Å². The minimum Gasteiger partial charge on any atom is -0.354 e. The molecular weight excluding hydrogens is 318 g/mol. The molecular formula is C15H23N3O4S. The second-order valence-corrected chi connectivity index (χ2v) is 6.72. The Bertz CT molecular complexity index is 473. The van der Waals surface area contributed by atoms with E-state index in [-0.39, 0.29) is 47.7 Å². The fourth-order valence-corrected chi connectivity index (χ4v) is 3.55. The molecule has 0 spiro atoms. The number of hydrogen-bond acceptors (Lipinski definition) is 5. The maximum Gasteiger partial charge on any atom is 0.288 e. The van der Waals surface area contributed by atoms with E-state index < -0.39 is 0 Å². The molecule has 0 aromatic rings. The highest BCUT2D eigenvalue weighted by Gasteiger charge is 2.30. The van der Waals surface area contributed by atoms with E-state index in [1.165, 1.54) is 4.90 Å². The standard InChI is InChI=1S/C15H23N3O4S/c1-2-3-12(19)17-7-4-11(5-8-17)14(21)16-6-9-18-13(20)10-23-15(18)22/h11H,2-10H2,1H3,(H,16,21). The molecule has 2 fully saturated rings. The van der Waals surface area contributed by atoms with Crippen LogP contribution in [0.5, 0.6) is 0 Å². The van der Waals surface area contributed by atoms with Crippen LogP contribution in [0.2, 0.25) is 0 Å². The number of imide groups is 1. The quantitative estimate of drug-likeness (QED) is 0.773. The molecule has 0 unspecified atom stereocenters. The molecule has 1 N–H and O–H groups in total. The van der Waals surface area contributed by atoms with Crippen molar-refractivity contribution in [3.8, 4) is 0 Å². The predicted molar refractivity (Wildman–Crippen MR) is 86.8 cm³/mol. The van der Waals surface area contributed by atoms with Gasteiger partial charge in [-0.15, -0.1) is 0 Å². The third kappa shape index (κ3) is 4.70. The summed E-state index contributed by atoms with van der Waals surface area (Å²) in [5.41, 5.74) is 0. The van der Waals surface area contributed by atoms with E-state index in [1.807, 2.05) is 11.8 Å². The number of amides is 4. The van der Waals surface area contributed by atoms with Crippen molar-refractivity contribution in [2.75, 3.05) is 31.9 Å². The average Bonchev–Trinajstić information content (AvgIpc) is 2.87. The Morgan fingerprint density at radius 3 is 2.52 bits per heavy atom. The van der Waals surface area contributed by atoms with Crippen molar-refractivity contribution in [1.29, 1.82) is 0 Å². The molecule has 2 saturated heterocycles. The fraction of sp³-hybridized carbons (Fsp3) is 0.733. The number of thioether (sulfide) groups is 1. The van der Waals surface area contributed by atoms with E-state index in [0.717, 1.165) is 18.2 Å². The van der Waals surface area contributed by atoms with Gasteiger partial charge in [0.2, 0.25) is 17.7 Å². The Balaban J connectivity index is 1.68. The maximum absolute atomic E-state index is 12.1. The van der Waals surface area contributed by atoms with E-state index in [1.54, 1.807) is 0 Å². The number of hydrogen-bond donors (Lipinski definition) is 1. The Morgan fingerprint density at radius 2 is 1.96 bits per heavy atom. The molecule has 0 saturated carbocycles. The van der Waals surface area contributed by atoms with Crippen LogP contribution in [0.25, 0.3) is 0 Å². The average molecular weight is 341 g/mol. The molecule has 4 amide bonds. The zero-order chi connectivity index (χ0) is 16.8. The number of carbonyl (C=O) groups is 4.